The summed E-state index contributed by atoms with van der Waals surface area (Å²) in [6.07, 6.45) is 9.06. The number of carbonyl (C=O) groups is 1. The Hall–Kier alpha value is -2.72. The van der Waals surface area contributed by atoms with Crippen LogP contribution in [0.3, 0.4) is 0 Å². The van der Waals surface area contributed by atoms with Crippen LogP contribution in [0, 0.1) is 5.92 Å². The maximum absolute atomic E-state index is 13.3. The molecule has 1 aliphatic carbocycles. The van der Waals surface area contributed by atoms with Gasteiger partial charge in [0.15, 0.2) is 0 Å². The van der Waals surface area contributed by atoms with Crippen molar-refractivity contribution in [1.29, 1.82) is 0 Å². The number of pyridine rings is 1. The van der Waals surface area contributed by atoms with Gasteiger partial charge in [0.1, 0.15) is 5.75 Å². The molecule has 0 spiro atoms. The second-order valence-electron chi connectivity index (χ2n) is 12.7. The summed E-state index contributed by atoms with van der Waals surface area (Å²) in [7, 11) is 0. The average molecular weight is 582 g/mol. The van der Waals surface area contributed by atoms with Crippen molar-refractivity contribution in [2.24, 2.45) is 5.92 Å². The van der Waals surface area contributed by atoms with E-state index in [4.69, 9.17) is 19.9 Å². The Labute approximate surface area is 251 Å². The highest BCUT2D eigenvalue weighted by molar-refractivity contribution is 5.76. The van der Waals surface area contributed by atoms with E-state index >= 15 is 0 Å². The van der Waals surface area contributed by atoms with Crippen LogP contribution in [-0.4, -0.2) is 72.9 Å². The zero-order valence-electron chi connectivity index (χ0n) is 25.8. The number of benzene rings is 1. The number of para-hydroxylation sites is 1. The fraction of sp³-hybridized carbons (Fsp3) is 0.636. The van der Waals surface area contributed by atoms with E-state index in [9.17, 15) is 4.79 Å². The van der Waals surface area contributed by atoms with Crippen LogP contribution in [0.5, 0.6) is 11.6 Å². The number of nitrogens with two attached hydrogens (primary N) is 1. The van der Waals surface area contributed by atoms with Gasteiger partial charge in [0.25, 0.3) is 0 Å². The number of ether oxygens (including phenoxy) is 3. The first-order valence-electron chi connectivity index (χ1n) is 15.7. The number of morpholine rings is 1. The lowest BCUT2D eigenvalue weighted by Gasteiger charge is -2.33. The van der Waals surface area contributed by atoms with E-state index in [1.54, 1.807) is 6.20 Å². The van der Waals surface area contributed by atoms with Crippen LogP contribution in [0.15, 0.2) is 42.6 Å². The highest BCUT2D eigenvalue weighted by Crippen LogP contribution is 2.29. The molecule has 1 amide bonds. The summed E-state index contributed by atoms with van der Waals surface area (Å²) >= 11 is 0. The number of nitrogens with one attached hydrogen (secondary N) is 2. The van der Waals surface area contributed by atoms with Gasteiger partial charge >= 0.3 is 0 Å². The molecule has 1 aromatic carbocycles. The van der Waals surface area contributed by atoms with Gasteiger partial charge in [-0.2, -0.15) is 0 Å². The zero-order valence-corrected chi connectivity index (χ0v) is 25.8. The first kappa shape index (κ1) is 32.2. The zero-order chi connectivity index (χ0) is 29.8. The molecular weight excluding hydrogens is 530 g/mol. The number of amides is 1. The van der Waals surface area contributed by atoms with Crippen molar-refractivity contribution in [2.75, 3.05) is 45.2 Å². The highest BCUT2D eigenvalue weighted by Gasteiger charge is 2.26. The first-order valence-corrected chi connectivity index (χ1v) is 15.7. The van der Waals surface area contributed by atoms with E-state index in [1.807, 2.05) is 57.2 Å². The van der Waals surface area contributed by atoms with E-state index in [1.165, 1.54) is 32.1 Å². The summed E-state index contributed by atoms with van der Waals surface area (Å²) in [4.78, 5) is 20.0. The minimum atomic E-state index is -0.259. The lowest BCUT2D eigenvalue weighted by molar-refractivity contribution is -0.123. The minimum absolute atomic E-state index is 0.0597. The van der Waals surface area contributed by atoms with Crippen molar-refractivity contribution in [3.8, 4) is 11.6 Å². The molecule has 2 fully saturated rings. The Bertz CT molecular complexity index is 1080. The maximum atomic E-state index is 13.3. The number of nitrogen functional groups attached to an aromatic ring is 1. The molecule has 232 valence electrons. The minimum Gasteiger partial charge on any atom is -0.439 e. The van der Waals surface area contributed by atoms with Crippen molar-refractivity contribution in [3.05, 3.63) is 48.2 Å². The fourth-order valence-electron chi connectivity index (χ4n) is 5.76. The molecule has 1 saturated carbocycles. The normalized spacial score (nSPS) is 18.4. The third kappa shape index (κ3) is 11.2. The third-order valence-corrected chi connectivity index (χ3v) is 8.09. The molecule has 1 saturated heterocycles. The van der Waals surface area contributed by atoms with Crippen LogP contribution >= 0.6 is 0 Å². The molecule has 1 aliphatic heterocycles. The maximum Gasteiger partial charge on any atom is 0.220 e. The molecule has 2 aliphatic rings. The summed E-state index contributed by atoms with van der Waals surface area (Å²) in [5.74, 6) is 1.88. The van der Waals surface area contributed by atoms with Crippen LogP contribution in [0.4, 0.5) is 5.69 Å². The van der Waals surface area contributed by atoms with Gasteiger partial charge in [-0.25, -0.2) is 4.98 Å². The van der Waals surface area contributed by atoms with E-state index < -0.39 is 0 Å². The third-order valence-electron chi connectivity index (χ3n) is 8.09. The van der Waals surface area contributed by atoms with E-state index in [0.717, 1.165) is 50.6 Å². The molecule has 2 heterocycles. The Morgan fingerprint density at radius 1 is 1.14 bits per heavy atom. The average Bonchev–Trinajstić information content (AvgIpc) is 2.98. The molecule has 9 nitrogen and oxygen atoms in total. The second-order valence-corrected chi connectivity index (χ2v) is 12.7. The molecule has 2 unspecified atom stereocenters. The van der Waals surface area contributed by atoms with Crippen molar-refractivity contribution in [1.82, 2.24) is 20.5 Å². The van der Waals surface area contributed by atoms with Crippen molar-refractivity contribution in [3.63, 3.8) is 0 Å². The van der Waals surface area contributed by atoms with Crippen LogP contribution in [0.25, 0.3) is 0 Å². The molecule has 0 bridgehead atoms. The SMILES string of the molecule is CC(C)(C)OCC(CN1CCOCC1)NC(=O)CCC(NCc1cc(Oc2ccccc2)ncc1N)C1CCCCC1. The van der Waals surface area contributed by atoms with Crippen LogP contribution in [0.2, 0.25) is 0 Å². The predicted octanol–water partition coefficient (Wildman–Crippen LogP) is 4.91. The van der Waals surface area contributed by atoms with Crippen molar-refractivity contribution in [2.45, 2.75) is 89.9 Å². The predicted molar refractivity (Wildman–Crippen MR) is 166 cm³/mol. The Balaban J connectivity index is 1.35. The lowest BCUT2D eigenvalue weighted by Crippen LogP contribution is -2.50. The van der Waals surface area contributed by atoms with Gasteiger partial charge < -0.3 is 30.6 Å². The summed E-state index contributed by atoms with van der Waals surface area (Å²) in [5, 5.41) is 7.06. The molecule has 2 aromatic rings. The molecule has 4 N–H and O–H groups in total. The molecule has 0 radical (unpaired) electrons. The molecule has 9 heteroatoms. The first-order chi connectivity index (χ1) is 20.2. The van der Waals surface area contributed by atoms with E-state index in [-0.39, 0.29) is 23.6 Å². The van der Waals surface area contributed by atoms with Crippen LogP contribution in [0.1, 0.15) is 71.3 Å². The molecule has 2 atom stereocenters. The van der Waals surface area contributed by atoms with Gasteiger partial charge in [-0.1, -0.05) is 37.5 Å². The highest BCUT2D eigenvalue weighted by atomic mass is 16.5. The lowest BCUT2D eigenvalue weighted by atomic mass is 9.82. The fourth-order valence-corrected chi connectivity index (χ4v) is 5.76. The molecule has 1 aromatic heterocycles. The molecular formula is C33H51N5O4. The number of hydrogen-bond acceptors (Lipinski definition) is 8. The number of aromatic nitrogens is 1. The summed E-state index contributed by atoms with van der Waals surface area (Å²) in [6.45, 7) is 11.2. The van der Waals surface area contributed by atoms with Crippen molar-refractivity contribution < 1.29 is 19.0 Å². The molecule has 42 heavy (non-hydrogen) atoms. The summed E-state index contributed by atoms with van der Waals surface area (Å²) in [5.41, 5.74) is 7.64. The standard InChI is InChI=1S/C33H51N5O4/c1-33(2,3)41-24-27(23-38-16-18-40-19-17-38)37-31(39)15-14-30(25-10-6-4-7-11-25)35-21-26-20-32(36-22-29(26)34)42-28-12-8-5-9-13-28/h5,8-9,12-13,20,22,25,27,30,35H,4,6-7,10-11,14-19,21,23-24,34H2,1-3H3,(H,37,39). The van der Waals surface area contributed by atoms with Crippen molar-refractivity contribution >= 4 is 11.6 Å². The molecule has 4 rings (SSSR count). The Kier molecular flexibility index (Phi) is 12.4. The quantitative estimate of drug-likeness (QED) is 0.289. The van der Waals surface area contributed by atoms with Gasteiger partial charge in [-0.15, -0.1) is 0 Å². The monoisotopic (exact) mass is 581 g/mol. The number of rotatable bonds is 14. The van der Waals surface area contributed by atoms with Crippen LogP contribution < -0.4 is 21.1 Å². The smallest absolute Gasteiger partial charge is 0.220 e. The summed E-state index contributed by atoms with van der Waals surface area (Å²) in [6, 6.07) is 11.7. The second kappa shape index (κ2) is 16.2. The van der Waals surface area contributed by atoms with Gasteiger partial charge in [-0.05, 0) is 63.6 Å². The van der Waals surface area contributed by atoms with Gasteiger partial charge in [-0.3, -0.25) is 9.69 Å². The topological polar surface area (TPSA) is 111 Å². The van der Waals surface area contributed by atoms with Crippen LogP contribution in [-0.2, 0) is 20.8 Å². The Morgan fingerprint density at radius 2 is 1.88 bits per heavy atom. The Morgan fingerprint density at radius 3 is 2.60 bits per heavy atom. The van der Waals surface area contributed by atoms with Gasteiger partial charge in [0.05, 0.1) is 43.3 Å². The van der Waals surface area contributed by atoms with E-state index in [2.05, 4.69) is 20.5 Å². The largest absolute Gasteiger partial charge is 0.439 e. The number of hydrogen-bond donors (Lipinski definition) is 3. The number of nitrogens with zero attached hydrogens (tertiary/aromatic N) is 2. The van der Waals surface area contributed by atoms with Gasteiger partial charge in [0.2, 0.25) is 11.8 Å². The van der Waals surface area contributed by atoms with E-state index in [0.29, 0.717) is 37.1 Å². The number of anilines is 1. The van der Waals surface area contributed by atoms with Gasteiger partial charge in [0, 0.05) is 44.7 Å². The summed E-state index contributed by atoms with van der Waals surface area (Å²) < 4.78 is 17.5. The number of carbonyl (C=O) groups excluding carboxylic acids is 1.